The van der Waals surface area contributed by atoms with Gasteiger partial charge in [-0.25, -0.2) is 10.5 Å². The smallest absolute Gasteiger partial charge is 0.271 e. The second-order valence-electron chi connectivity index (χ2n) is 3.63. The van der Waals surface area contributed by atoms with Gasteiger partial charge in [0.15, 0.2) is 6.04 Å². The molecule has 5 nitrogen and oxygen atoms in total. The zero-order valence-corrected chi connectivity index (χ0v) is 10.1. The number of hydrogen-bond donors (Lipinski definition) is 2. The molecule has 1 heterocycles. The quantitative estimate of drug-likeness (QED) is 0.646. The Labute approximate surface area is 109 Å². The highest BCUT2D eigenvalue weighted by molar-refractivity contribution is 6.32. The number of aliphatic imine (C=N–C) groups is 1. The molecular formula is C12H11ClN2O3. The fraction of sp³-hybridized carbons (Fsp3) is 0.167. The lowest BCUT2D eigenvalue weighted by Gasteiger charge is -1.99. The number of hydrogen-bond acceptors (Lipinski definition) is 4. The minimum atomic E-state index is -0.708. The van der Waals surface area contributed by atoms with Crippen LogP contribution in [0.25, 0.3) is 6.08 Å². The van der Waals surface area contributed by atoms with Gasteiger partial charge >= 0.3 is 0 Å². The second-order valence-corrected chi connectivity index (χ2v) is 4.03. The van der Waals surface area contributed by atoms with E-state index in [9.17, 15) is 4.79 Å². The molecule has 1 aromatic rings. The van der Waals surface area contributed by atoms with E-state index in [0.29, 0.717) is 10.9 Å². The minimum absolute atomic E-state index is 0.120. The van der Waals surface area contributed by atoms with E-state index in [4.69, 9.17) is 21.5 Å². The van der Waals surface area contributed by atoms with Gasteiger partial charge in [-0.1, -0.05) is 29.8 Å². The molecule has 2 N–H and O–H groups in total. The second kappa shape index (κ2) is 5.66. The number of carbonyl (C=O) groups excluding carboxylic acids is 1. The number of hydroxylamine groups is 1. The van der Waals surface area contributed by atoms with Crippen LogP contribution >= 0.6 is 11.6 Å². The van der Waals surface area contributed by atoms with Crippen LogP contribution in [0.15, 0.2) is 35.3 Å². The molecule has 0 spiro atoms. The number of ether oxygens (including phenoxy) is 1. The first-order chi connectivity index (χ1) is 8.70. The van der Waals surface area contributed by atoms with E-state index < -0.39 is 11.9 Å². The van der Waals surface area contributed by atoms with Crippen LogP contribution in [0.5, 0.6) is 0 Å². The molecule has 0 radical (unpaired) electrons. The Hall–Kier alpha value is -1.85. The van der Waals surface area contributed by atoms with Gasteiger partial charge in [-0.2, -0.15) is 0 Å². The van der Waals surface area contributed by atoms with Gasteiger partial charge in [-0.05, 0) is 17.7 Å². The summed E-state index contributed by atoms with van der Waals surface area (Å²) in [5, 5.41) is 9.09. The van der Waals surface area contributed by atoms with Crippen molar-refractivity contribution in [3.63, 3.8) is 0 Å². The van der Waals surface area contributed by atoms with E-state index >= 15 is 0 Å². The highest BCUT2D eigenvalue weighted by Gasteiger charge is 2.24. The minimum Gasteiger partial charge on any atom is -0.475 e. The molecule has 0 saturated carbocycles. The zero-order chi connectivity index (χ0) is 13.0. The van der Waals surface area contributed by atoms with E-state index in [2.05, 4.69) is 4.99 Å². The van der Waals surface area contributed by atoms with Gasteiger partial charge in [0.2, 0.25) is 5.90 Å². The third kappa shape index (κ3) is 2.88. The van der Waals surface area contributed by atoms with E-state index in [0.717, 1.165) is 5.56 Å². The Balaban J connectivity index is 2.07. The maximum atomic E-state index is 11.1. The molecule has 1 aliphatic rings. The van der Waals surface area contributed by atoms with Crippen molar-refractivity contribution < 1.29 is 14.7 Å². The Morgan fingerprint density at radius 1 is 1.50 bits per heavy atom. The lowest BCUT2D eigenvalue weighted by atomic mass is 10.2. The largest absolute Gasteiger partial charge is 0.475 e. The van der Waals surface area contributed by atoms with Gasteiger partial charge in [0.25, 0.3) is 5.91 Å². The third-order valence-corrected chi connectivity index (χ3v) is 2.74. The van der Waals surface area contributed by atoms with Crippen LogP contribution in [0.1, 0.15) is 5.56 Å². The molecule has 1 aromatic carbocycles. The van der Waals surface area contributed by atoms with Gasteiger partial charge in [0, 0.05) is 11.1 Å². The fourth-order valence-electron chi connectivity index (χ4n) is 1.46. The summed E-state index contributed by atoms with van der Waals surface area (Å²) in [4.78, 5) is 15.1. The van der Waals surface area contributed by atoms with Crippen LogP contribution in [0.2, 0.25) is 5.02 Å². The lowest BCUT2D eigenvalue weighted by Crippen LogP contribution is -2.31. The van der Waals surface area contributed by atoms with Crippen LogP contribution in [0.4, 0.5) is 0 Å². The van der Waals surface area contributed by atoms with Gasteiger partial charge in [0.05, 0.1) is 0 Å². The van der Waals surface area contributed by atoms with E-state index in [1.807, 2.05) is 18.2 Å². The summed E-state index contributed by atoms with van der Waals surface area (Å²) < 4.78 is 5.20. The Morgan fingerprint density at radius 3 is 3.00 bits per heavy atom. The summed E-state index contributed by atoms with van der Waals surface area (Å²) in [5.41, 5.74) is 2.37. The number of carbonyl (C=O) groups is 1. The molecule has 2 rings (SSSR count). The van der Waals surface area contributed by atoms with Crippen molar-refractivity contribution >= 4 is 29.5 Å². The van der Waals surface area contributed by atoms with Crippen molar-refractivity contribution in [1.82, 2.24) is 5.48 Å². The number of halogens is 1. The van der Waals surface area contributed by atoms with E-state index in [1.165, 1.54) is 5.48 Å². The maximum absolute atomic E-state index is 11.1. The van der Waals surface area contributed by atoms with Gasteiger partial charge < -0.3 is 4.74 Å². The first-order valence-corrected chi connectivity index (χ1v) is 5.65. The molecule has 94 valence electrons. The Morgan fingerprint density at radius 2 is 2.28 bits per heavy atom. The standard InChI is InChI=1S/C12H11ClN2O3/c13-9-4-2-1-3-8(9)5-6-11-14-10(7-18-11)12(16)15-17/h1-6,10,17H,7H2,(H,15,16)/b6-5+/t10-/m1/s1. The Bertz CT molecular complexity index is 514. The monoisotopic (exact) mass is 266 g/mol. The van der Waals surface area contributed by atoms with Crippen LogP contribution in [-0.2, 0) is 9.53 Å². The number of amides is 1. The predicted molar refractivity (Wildman–Crippen MR) is 67.6 cm³/mol. The first-order valence-electron chi connectivity index (χ1n) is 5.28. The number of rotatable bonds is 3. The van der Waals surface area contributed by atoms with Crippen molar-refractivity contribution in [2.24, 2.45) is 4.99 Å². The molecule has 0 saturated heterocycles. The first kappa shape index (κ1) is 12.6. The molecule has 18 heavy (non-hydrogen) atoms. The zero-order valence-electron chi connectivity index (χ0n) is 9.34. The van der Waals surface area contributed by atoms with Crippen LogP contribution in [0.3, 0.4) is 0 Å². The van der Waals surface area contributed by atoms with Crippen molar-refractivity contribution in [3.8, 4) is 0 Å². The van der Waals surface area contributed by atoms with E-state index in [1.54, 1.807) is 18.2 Å². The molecule has 0 bridgehead atoms. The lowest BCUT2D eigenvalue weighted by molar-refractivity contribution is -0.130. The van der Waals surface area contributed by atoms with Crippen molar-refractivity contribution in [2.45, 2.75) is 6.04 Å². The van der Waals surface area contributed by atoms with Gasteiger partial charge in [0.1, 0.15) is 6.61 Å². The maximum Gasteiger partial charge on any atom is 0.271 e. The number of benzene rings is 1. The number of nitrogens with one attached hydrogen (secondary N) is 1. The molecule has 1 atom stereocenters. The van der Waals surface area contributed by atoms with Crippen LogP contribution in [-0.4, -0.2) is 29.7 Å². The van der Waals surface area contributed by atoms with E-state index in [-0.39, 0.29) is 6.61 Å². The summed E-state index contributed by atoms with van der Waals surface area (Å²) in [5.74, 6) is -0.250. The Kier molecular flexibility index (Phi) is 3.96. The van der Waals surface area contributed by atoms with Crippen molar-refractivity contribution in [1.29, 1.82) is 0 Å². The van der Waals surface area contributed by atoms with Gasteiger partial charge in [-0.3, -0.25) is 10.0 Å². The fourth-order valence-corrected chi connectivity index (χ4v) is 1.66. The molecule has 0 aromatic heterocycles. The van der Waals surface area contributed by atoms with Crippen molar-refractivity contribution in [2.75, 3.05) is 6.61 Å². The molecule has 0 unspecified atom stereocenters. The van der Waals surface area contributed by atoms with Crippen molar-refractivity contribution in [3.05, 3.63) is 40.9 Å². The average Bonchev–Trinajstić information content (AvgIpc) is 2.86. The molecule has 1 aliphatic heterocycles. The van der Waals surface area contributed by atoms with Crippen LogP contribution in [0, 0.1) is 0 Å². The average molecular weight is 267 g/mol. The van der Waals surface area contributed by atoms with Gasteiger partial charge in [-0.15, -0.1) is 0 Å². The normalized spacial score (nSPS) is 18.6. The summed E-state index contributed by atoms with van der Waals surface area (Å²) in [6, 6.07) is 6.63. The topological polar surface area (TPSA) is 70.9 Å². The summed E-state index contributed by atoms with van der Waals surface area (Å²) in [6.07, 6.45) is 3.38. The molecule has 0 fully saturated rings. The predicted octanol–water partition coefficient (Wildman–Crippen LogP) is 1.66. The molecular weight excluding hydrogens is 256 g/mol. The SMILES string of the molecule is O=C(NO)[C@H]1COC(/C=C/c2ccccc2Cl)=N1. The molecule has 6 heteroatoms. The van der Waals surface area contributed by atoms with Crippen LogP contribution < -0.4 is 5.48 Å². The third-order valence-electron chi connectivity index (χ3n) is 2.40. The molecule has 0 aliphatic carbocycles. The summed E-state index contributed by atoms with van der Waals surface area (Å²) in [7, 11) is 0. The molecule has 1 amide bonds. The highest BCUT2D eigenvalue weighted by atomic mass is 35.5. The summed E-state index contributed by atoms with van der Waals surface area (Å²) in [6.45, 7) is 0.120. The highest BCUT2D eigenvalue weighted by Crippen LogP contribution is 2.17. The summed E-state index contributed by atoms with van der Waals surface area (Å²) >= 11 is 5.98. The number of nitrogens with zero attached hydrogens (tertiary/aromatic N) is 1.